The van der Waals surface area contributed by atoms with Crippen molar-refractivity contribution >= 4 is 5.97 Å². The Bertz CT molecular complexity index is 753. The van der Waals surface area contributed by atoms with Crippen LogP contribution in [0, 0.1) is 22.7 Å². The molecule has 0 aliphatic heterocycles. The third-order valence-electron chi connectivity index (χ3n) is 7.55. The van der Waals surface area contributed by atoms with Crippen LogP contribution >= 0.6 is 0 Å². The predicted octanol–water partition coefficient (Wildman–Crippen LogP) is 5.14. The van der Waals surface area contributed by atoms with Gasteiger partial charge in [-0.05, 0) is 78.9 Å². The minimum atomic E-state index is -1.10. The Labute approximate surface area is 155 Å². The first-order valence-electron chi connectivity index (χ1n) is 9.56. The first-order valence-corrected chi connectivity index (χ1v) is 9.56. The van der Waals surface area contributed by atoms with Crippen molar-refractivity contribution in [1.29, 1.82) is 0 Å². The highest BCUT2D eigenvalue weighted by Crippen LogP contribution is 2.62. The van der Waals surface area contributed by atoms with Crippen molar-refractivity contribution in [3.05, 3.63) is 35.4 Å². The van der Waals surface area contributed by atoms with Crippen LogP contribution in [0.25, 0.3) is 0 Å². The molecule has 0 spiro atoms. The van der Waals surface area contributed by atoms with E-state index in [1.165, 1.54) is 11.6 Å². The Morgan fingerprint density at radius 1 is 1.27 bits per heavy atom. The summed E-state index contributed by atoms with van der Waals surface area (Å²) >= 11 is 0. The van der Waals surface area contributed by atoms with Gasteiger partial charge in [0.25, 0.3) is 0 Å². The van der Waals surface area contributed by atoms with Gasteiger partial charge in [0.05, 0.1) is 5.56 Å². The molecule has 0 aromatic heterocycles. The van der Waals surface area contributed by atoms with E-state index in [0.29, 0.717) is 23.8 Å². The number of carbonyl (C=O) groups is 1. The van der Waals surface area contributed by atoms with E-state index >= 15 is 0 Å². The molecule has 4 heteroatoms. The summed E-state index contributed by atoms with van der Waals surface area (Å²) in [5.41, 5.74) is 1.88. The standard InChI is InChI=1S/C22H30O4/c1-13-6-5-7-18-21(13,3)9-8-14(2)22(18,4)12-16-10-15(20(25)26)11-17(23)19(16)24/h10-11,14,18,23-24H,1,5-9,12H2,2-4H3,(H,25,26). The summed E-state index contributed by atoms with van der Waals surface area (Å²) in [5.74, 6) is -0.760. The van der Waals surface area contributed by atoms with Gasteiger partial charge in [-0.2, -0.15) is 0 Å². The molecule has 1 aromatic rings. The summed E-state index contributed by atoms with van der Waals surface area (Å²) in [6.07, 6.45) is 6.13. The van der Waals surface area contributed by atoms with E-state index in [1.54, 1.807) is 0 Å². The summed E-state index contributed by atoms with van der Waals surface area (Å²) in [7, 11) is 0. The molecule has 4 nitrogen and oxygen atoms in total. The van der Waals surface area contributed by atoms with Crippen LogP contribution in [0.1, 0.15) is 68.8 Å². The van der Waals surface area contributed by atoms with Gasteiger partial charge in [0.2, 0.25) is 0 Å². The number of allylic oxidation sites excluding steroid dienone is 1. The van der Waals surface area contributed by atoms with Crippen molar-refractivity contribution in [1.82, 2.24) is 0 Å². The summed E-state index contributed by atoms with van der Waals surface area (Å²) in [6, 6.07) is 2.62. The second-order valence-electron chi connectivity index (χ2n) is 8.90. The minimum absolute atomic E-state index is 0.0122. The molecule has 4 unspecified atom stereocenters. The smallest absolute Gasteiger partial charge is 0.335 e. The fourth-order valence-electron chi connectivity index (χ4n) is 5.61. The fourth-order valence-corrected chi connectivity index (χ4v) is 5.61. The molecule has 0 saturated heterocycles. The minimum Gasteiger partial charge on any atom is -0.504 e. The maximum absolute atomic E-state index is 11.4. The maximum atomic E-state index is 11.4. The monoisotopic (exact) mass is 358 g/mol. The molecule has 2 aliphatic carbocycles. The Kier molecular flexibility index (Phi) is 4.58. The molecule has 2 aliphatic rings. The third-order valence-corrected chi connectivity index (χ3v) is 7.55. The normalized spacial score (nSPS) is 34.3. The van der Waals surface area contributed by atoms with Crippen LogP contribution in [-0.4, -0.2) is 21.3 Å². The number of fused-ring (bicyclic) bond motifs is 1. The summed E-state index contributed by atoms with van der Waals surface area (Å²) in [5, 5.41) is 29.7. The average molecular weight is 358 g/mol. The van der Waals surface area contributed by atoms with Crippen LogP contribution in [0.2, 0.25) is 0 Å². The van der Waals surface area contributed by atoms with Gasteiger partial charge in [0, 0.05) is 0 Å². The van der Waals surface area contributed by atoms with Crippen molar-refractivity contribution < 1.29 is 20.1 Å². The molecule has 4 atom stereocenters. The Hall–Kier alpha value is -1.97. The van der Waals surface area contributed by atoms with Crippen molar-refractivity contribution in [2.24, 2.45) is 22.7 Å². The summed E-state index contributed by atoms with van der Waals surface area (Å²) in [6.45, 7) is 11.2. The highest BCUT2D eigenvalue weighted by atomic mass is 16.4. The van der Waals surface area contributed by atoms with Crippen molar-refractivity contribution in [3.63, 3.8) is 0 Å². The molecule has 2 saturated carbocycles. The zero-order valence-corrected chi connectivity index (χ0v) is 16.0. The highest BCUT2D eigenvalue weighted by Gasteiger charge is 2.54. The SMILES string of the molecule is C=C1CCCC2C1(C)CCC(C)C2(C)Cc1cc(C(=O)O)cc(O)c1O. The quantitative estimate of drug-likeness (QED) is 0.516. The number of hydrogen-bond acceptors (Lipinski definition) is 3. The van der Waals surface area contributed by atoms with Crippen LogP contribution in [0.3, 0.4) is 0 Å². The maximum Gasteiger partial charge on any atom is 0.335 e. The zero-order chi connectivity index (χ0) is 19.3. The van der Waals surface area contributed by atoms with E-state index in [2.05, 4.69) is 27.4 Å². The van der Waals surface area contributed by atoms with Crippen molar-refractivity contribution in [3.8, 4) is 11.5 Å². The first-order chi connectivity index (χ1) is 12.1. The van der Waals surface area contributed by atoms with Crippen LogP contribution in [0.4, 0.5) is 0 Å². The number of hydrogen-bond donors (Lipinski definition) is 3. The van der Waals surface area contributed by atoms with Crippen molar-refractivity contribution in [2.75, 3.05) is 0 Å². The Morgan fingerprint density at radius 2 is 1.96 bits per heavy atom. The number of rotatable bonds is 3. The molecular formula is C22H30O4. The molecule has 3 rings (SSSR count). The summed E-state index contributed by atoms with van der Waals surface area (Å²) < 4.78 is 0. The first kappa shape index (κ1) is 18.8. The second kappa shape index (κ2) is 6.33. The van der Waals surface area contributed by atoms with Gasteiger partial charge in [-0.15, -0.1) is 0 Å². The van der Waals surface area contributed by atoms with E-state index in [-0.39, 0.29) is 27.9 Å². The lowest BCUT2D eigenvalue weighted by molar-refractivity contribution is -0.0491. The molecular weight excluding hydrogens is 328 g/mol. The Morgan fingerprint density at radius 3 is 2.62 bits per heavy atom. The van der Waals surface area contributed by atoms with E-state index in [0.717, 1.165) is 38.2 Å². The highest BCUT2D eigenvalue weighted by molar-refractivity contribution is 5.89. The molecule has 0 radical (unpaired) electrons. The van der Waals surface area contributed by atoms with E-state index in [9.17, 15) is 20.1 Å². The average Bonchev–Trinajstić information content (AvgIpc) is 2.57. The van der Waals surface area contributed by atoms with Gasteiger partial charge in [0.15, 0.2) is 11.5 Å². The number of benzene rings is 1. The molecule has 2 fully saturated rings. The number of aromatic carboxylic acids is 1. The summed E-state index contributed by atoms with van der Waals surface area (Å²) in [4.78, 5) is 11.4. The zero-order valence-electron chi connectivity index (χ0n) is 16.0. The molecule has 0 heterocycles. The second-order valence-corrected chi connectivity index (χ2v) is 8.90. The lowest BCUT2D eigenvalue weighted by Gasteiger charge is -2.59. The topological polar surface area (TPSA) is 77.8 Å². The number of aromatic hydroxyl groups is 2. The molecule has 1 aromatic carbocycles. The lowest BCUT2D eigenvalue weighted by Crippen LogP contribution is -2.51. The molecule has 142 valence electrons. The van der Waals surface area contributed by atoms with Crippen LogP contribution in [-0.2, 0) is 6.42 Å². The number of carboxylic acid groups (broad SMARTS) is 1. The van der Waals surface area contributed by atoms with E-state index in [1.807, 2.05) is 0 Å². The van der Waals surface area contributed by atoms with Crippen LogP contribution in [0.15, 0.2) is 24.3 Å². The largest absolute Gasteiger partial charge is 0.504 e. The van der Waals surface area contributed by atoms with Gasteiger partial charge in [-0.1, -0.05) is 32.9 Å². The van der Waals surface area contributed by atoms with E-state index in [4.69, 9.17) is 0 Å². The third kappa shape index (κ3) is 2.80. The molecule has 3 N–H and O–H groups in total. The number of carboxylic acids is 1. The Balaban J connectivity index is 2.04. The molecule has 0 amide bonds. The van der Waals surface area contributed by atoms with Gasteiger partial charge >= 0.3 is 5.97 Å². The van der Waals surface area contributed by atoms with E-state index < -0.39 is 5.97 Å². The number of phenols is 2. The van der Waals surface area contributed by atoms with Gasteiger partial charge in [0.1, 0.15) is 0 Å². The fraction of sp³-hybridized carbons (Fsp3) is 0.591. The molecule has 26 heavy (non-hydrogen) atoms. The molecule has 0 bridgehead atoms. The number of phenolic OH excluding ortho intramolecular Hbond substituents is 2. The van der Waals surface area contributed by atoms with Gasteiger partial charge in [-0.3, -0.25) is 0 Å². The van der Waals surface area contributed by atoms with Gasteiger partial charge < -0.3 is 15.3 Å². The van der Waals surface area contributed by atoms with Crippen molar-refractivity contribution in [2.45, 2.75) is 59.3 Å². The lowest BCUT2D eigenvalue weighted by atomic mass is 9.46. The van der Waals surface area contributed by atoms with Gasteiger partial charge in [-0.25, -0.2) is 4.79 Å². The predicted molar refractivity (Wildman–Crippen MR) is 102 cm³/mol. The van der Waals surface area contributed by atoms with Crippen LogP contribution in [0.5, 0.6) is 11.5 Å². The van der Waals surface area contributed by atoms with Crippen LogP contribution < -0.4 is 0 Å².